The molecule has 0 saturated carbocycles. The number of nitrogens with one attached hydrogen (secondary N) is 2. The highest BCUT2D eigenvalue weighted by Gasteiger charge is 2.07. The number of rotatable bonds is 5. The van der Waals surface area contributed by atoms with Gasteiger partial charge < -0.3 is 15.4 Å². The number of benzene rings is 2. The van der Waals surface area contributed by atoms with Gasteiger partial charge in [-0.25, -0.2) is 4.39 Å². The van der Waals surface area contributed by atoms with Gasteiger partial charge in [0, 0.05) is 5.69 Å². The van der Waals surface area contributed by atoms with E-state index in [1.807, 2.05) is 38.1 Å². The highest BCUT2D eigenvalue weighted by atomic mass is 32.1. The van der Waals surface area contributed by atoms with Crippen LogP contribution in [0.25, 0.3) is 0 Å². The first-order valence-corrected chi connectivity index (χ1v) is 7.55. The number of hydrogen-bond acceptors (Lipinski definition) is 2. The van der Waals surface area contributed by atoms with E-state index >= 15 is 0 Å². The van der Waals surface area contributed by atoms with Crippen molar-refractivity contribution in [1.82, 2.24) is 5.32 Å². The molecule has 2 aromatic carbocycles. The molecule has 1 atom stereocenters. The Morgan fingerprint density at radius 1 is 1.14 bits per heavy atom. The van der Waals surface area contributed by atoms with Gasteiger partial charge >= 0.3 is 0 Å². The molecule has 0 aliphatic carbocycles. The molecule has 1 unspecified atom stereocenters. The Hall–Kier alpha value is -2.14. The zero-order valence-electron chi connectivity index (χ0n) is 12.6. The summed E-state index contributed by atoms with van der Waals surface area (Å²) in [5.74, 6) is 0.581. The standard InChI is InChI=1S/C17H19FN2OS/c1-3-21-16-10-8-15(9-11-16)20-17(22)19-12(2)13-4-6-14(18)7-5-13/h4-12H,3H2,1-2H3,(H2,19,20,22). The van der Waals surface area contributed by atoms with Gasteiger partial charge in [0.25, 0.3) is 0 Å². The Bertz CT molecular complexity index is 614. The number of hydrogen-bond donors (Lipinski definition) is 2. The second kappa shape index (κ2) is 7.75. The summed E-state index contributed by atoms with van der Waals surface area (Å²) in [5.41, 5.74) is 1.85. The fourth-order valence-electron chi connectivity index (χ4n) is 2.00. The molecule has 22 heavy (non-hydrogen) atoms. The summed E-state index contributed by atoms with van der Waals surface area (Å²) in [6, 6.07) is 13.9. The van der Waals surface area contributed by atoms with E-state index in [0.717, 1.165) is 17.0 Å². The van der Waals surface area contributed by atoms with Crippen molar-refractivity contribution in [3.8, 4) is 5.75 Å². The van der Waals surface area contributed by atoms with Crippen molar-refractivity contribution >= 4 is 23.0 Å². The summed E-state index contributed by atoms with van der Waals surface area (Å²) in [6.07, 6.45) is 0. The van der Waals surface area contributed by atoms with Crippen molar-refractivity contribution in [3.63, 3.8) is 0 Å². The van der Waals surface area contributed by atoms with Crippen LogP contribution in [0.4, 0.5) is 10.1 Å². The van der Waals surface area contributed by atoms with Crippen LogP contribution >= 0.6 is 12.2 Å². The quantitative estimate of drug-likeness (QED) is 0.807. The first-order valence-electron chi connectivity index (χ1n) is 7.14. The average Bonchev–Trinajstić information content (AvgIpc) is 2.50. The van der Waals surface area contributed by atoms with Crippen molar-refractivity contribution in [1.29, 1.82) is 0 Å². The summed E-state index contributed by atoms with van der Waals surface area (Å²) in [6.45, 7) is 4.56. The monoisotopic (exact) mass is 318 g/mol. The lowest BCUT2D eigenvalue weighted by atomic mass is 10.1. The van der Waals surface area contributed by atoms with Crippen LogP contribution in [-0.2, 0) is 0 Å². The highest BCUT2D eigenvalue weighted by Crippen LogP contribution is 2.16. The SMILES string of the molecule is CCOc1ccc(NC(=S)NC(C)c2ccc(F)cc2)cc1. The van der Waals surface area contributed by atoms with E-state index in [2.05, 4.69) is 10.6 Å². The fraction of sp³-hybridized carbons (Fsp3) is 0.235. The van der Waals surface area contributed by atoms with Crippen LogP contribution in [0.3, 0.4) is 0 Å². The molecule has 0 amide bonds. The van der Waals surface area contributed by atoms with Crippen LogP contribution in [0, 0.1) is 5.82 Å². The maximum Gasteiger partial charge on any atom is 0.171 e. The maximum absolute atomic E-state index is 12.9. The van der Waals surface area contributed by atoms with Crippen LogP contribution in [0.15, 0.2) is 48.5 Å². The molecule has 3 nitrogen and oxygen atoms in total. The van der Waals surface area contributed by atoms with Crippen molar-refractivity contribution in [2.24, 2.45) is 0 Å². The molecule has 2 rings (SSSR count). The smallest absolute Gasteiger partial charge is 0.171 e. The first kappa shape index (κ1) is 16.2. The van der Waals surface area contributed by atoms with Gasteiger partial charge in [-0.3, -0.25) is 0 Å². The van der Waals surface area contributed by atoms with Gasteiger partial charge in [0.05, 0.1) is 12.6 Å². The lowest BCUT2D eigenvalue weighted by Crippen LogP contribution is -2.30. The Morgan fingerprint density at radius 2 is 1.77 bits per heavy atom. The molecular formula is C17H19FN2OS. The van der Waals surface area contributed by atoms with E-state index in [1.54, 1.807) is 12.1 Å². The zero-order valence-corrected chi connectivity index (χ0v) is 13.4. The van der Waals surface area contributed by atoms with Crippen LogP contribution < -0.4 is 15.4 Å². The highest BCUT2D eigenvalue weighted by molar-refractivity contribution is 7.80. The van der Waals surface area contributed by atoms with Gasteiger partial charge in [-0.1, -0.05) is 12.1 Å². The lowest BCUT2D eigenvalue weighted by Gasteiger charge is -2.17. The Labute approximate surface area is 135 Å². The second-order valence-electron chi connectivity index (χ2n) is 4.83. The van der Waals surface area contributed by atoms with Crippen molar-refractivity contribution in [3.05, 3.63) is 59.9 Å². The number of halogens is 1. The topological polar surface area (TPSA) is 33.3 Å². The molecule has 5 heteroatoms. The molecule has 0 aromatic heterocycles. The van der Waals surface area contributed by atoms with E-state index in [1.165, 1.54) is 12.1 Å². The van der Waals surface area contributed by atoms with Crippen LogP contribution in [0.2, 0.25) is 0 Å². The first-order chi connectivity index (χ1) is 10.6. The average molecular weight is 318 g/mol. The normalized spacial score (nSPS) is 11.6. The molecule has 0 bridgehead atoms. The predicted molar refractivity (Wildman–Crippen MR) is 91.8 cm³/mol. The van der Waals surface area contributed by atoms with Gasteiger partial charge in [0.2, 0.25) is 0 Å². The number of ether oxygens (including phenoxy) is 1. The third-order valence-corrected chi connectivity index (χ3v) is 3.36. The third kappa shape index (κ3) is 4.70. The molecule has 0 aliphatic rings. The van der Waals surface area contributed by atoms with E-state index in [4.69, 9.17) is 17.0 Å². The van der Waals surface area contributed by atoms with Gasteiger partial charge in [0.15, 0.2) is 5.11 Å². The molecular weight excluding hydrogens is 299 g/mol. The lowest BCUT2D eigenvalue weighted by molar-refractivity contribution is 0.340. The molecule has 0 fully saturated rings. The van der Waals surface area contributed by atoms with E-state index in [0.29, 0.717) is 11.7 Å². The second-order valence-corrected chi connectivity index (χ2v) is 5.24. The summed E-state index contributed by atoms with van der Waals surface area (Å²) in [4.78, 5) is 0. The minimum Gasteiger partial charge on any atom is -0.494 e. The molecule has 0 spiro atoms. The molecule has 0 radical (unpaired) electrons. The Balaban J connectivity index is 1.90. The summed E-state index contributed by atoms with van der Waals surface area (Å²) >= 11 is 5.29. The summed E-state index contributed by atoms with van der Waals surface area (Å²) in [7, 11) is 0. The van der Waals surface area contributed by atoms with E-state index < -0.39 is 0 Å². The Morgan fingerprint density at radius 3 is 2.36 bits per heavy atom. The Kier molecular flexibility index (Phi) is 5.72. The zero-order chi connectivity index (χ0) is 15.9. The van der Waals surface area contributed by atoms with Crippen molar-refractivity contribution in [2.75, 3.05) is 11.9 Å². The molecule has 2 aromatic rings. The molecule has 0 saturated heterocycles. The van der Waals surface area contributed by atoms with Gasteiger partial charge in [0.1, 0.15) is 11.6 Å². The maximum atomic E-state index is 12.9. The van der Waals surface area contributed by atoms with Crippen LogP contribution in [0.1, 0.15) is 25.5 Å². The minimum absolute atomic E-state index is 0.0108. The van der Waals surface area contributed by atoms with E-state index in [-0.39, 0.29) is 11.9 Å². The van der Waals surface area contributed by atoms with Gasteiger partial charge in [-0.15, -0.1) is 0 Å². The largest absolute Gasteiger partial charge is 0.494 e. The molecule has 0 aliphatic heterocycles. The third-order valence-electron chi connectivity index (χ3n) is 3.14. The van der Waals surface area contributed by atoms with Crippen molar-refractivity contribution < 1.29 is 9.13 Å². The minimum atomic E-state index is -0.244. The van der Waals surface area contributed by atoms with Gasteiger partial charge in [-0.2, -0.15) is 0 Å². The summed E-state index contributed by atoms with van der Waals surface area (Å²) < 4.78 is 18.3. The fourth-order valence-corrected chi connectivity index (χ4v) is 2.29. The molecule has 0 heterocycles. The van der Waals surface area contributed by atoms with Gasteiger partial charge in [-0.05, 0) is 68.0 Å². The number of thiocarbonyl (C=S) groups is 1. The van der Waals surface area contributed by atoms with E-state index in [9.17, 15) is 4.39 Å². The number of anilines is 1. The van der Waals surface area contributed by atoms with Crippen LogP contribution in [0.5, 0.6) is 5.75 Å². The van der Waals surface area contributed by atoms with Crippen LogP contribution in [-0.4, -0.2) is 11.7 Å². The van der Waals surface area contributed by atoms with Crippen molar-refractivity contribution in [2.45, 2.75) is 19.9 Å². The molecule has 2 N–H and O–H groups in total. The predicted octanol–water partition coefficient (Wildman–Crippen LogP) is 4.27. The summed E-state index contributed by atoms with van der Waals surface area (Å²) in [5, 5.41) is 6.80. The molecule has 116 valence electrons.